The van der Waals surface area contributed by atoms with E-state index in [2.05, 4.69) is 0 Å². The average molecular weight is 531 g/mol. The molecule has 1 heterocycles. The van der Waals surface area contributed by atoms with Gasteiger partial charge in [0.25, 0.3) is 0 Å². The molecule has 9 heteroatoms. The van der Waals surface area contributed by atoms with E-state index >= 15 is 0 Å². The fourth-order valence-electron chi connectivity index (χ4n) is 6.06. The van der Waals surface area contributed by atoms with Gasteiger partial charge in [0.2, 0.25) is 15.9 Å². The van der Waals surface area contributed by atoms with Crippen molar-refractivity contribution in [3.05, 3.63) is 60.1 Å². The number of carbonyl (C=O) groups is 2. The van der Waals surface area contributed by atoms with E-state index in [4.69, 9.17) is 9.15 Å². The van der Waals surface area contributed by atoms with Crippen molar-refractivity contribution in [3.63, 3.8) is 0 Å². The number of benzene rings is 1. The van der Waals surface area contributed by atoms with Crippen LogP contribution in [0.3, 0.4) is 0 Å². The monoisotopic (exact) mass is 530 g/mol. The first-order valence-corrected chi connectivity index (χ1v) is 14.5. The molecule has 2 aliphatic rings. The largest absolute Gasteiger partial charge is 0.467 e. The molecule has 1 aromatic carbocycles. The number of nitrogens with zero attached hydrogens (tertiary/aromatic N) is 2. The topological polar surface area (TPSA) is 97.1 Å². The molecule has 2 aromatic rings. The van der Waals surface area contributed by atoms with Crippen molar-refractivity contribution in [2.45, 2.75) is 46.1 Å². The summed E-state index contributed by atoms with van der Waals surface area (Å²) in [4.78, 5) is 28.2. The minimum absolute atomic E-state index is 0.0395. The lowest BCUT2D eigenvalue weighted by Crippen LogP contribution is -2.50. The van der Waals surface area contributed by atoms with Crippen molar-refractivity contribution in [1.29, 1.82) is 0 Å². The van der Waals surface area contributed by atoms with Crippen molar-refractivity contribution >= 4 is 21.7 Å². The summed E-state index contributed by atoms with van der Waals surface area (Å²) in [6.45, 7) is 4.59. The fraction of sp³-hybridized carbons (Fsp3) is 0.571. The number of fused-ring (bicyclic) bond motifs is 2. The maximum atomic E-state index is 13.8. The molecule has 2 bridgehead atoms. The van der Waals surface area contributed by atoms with E-state index in [9.17, 15) is 18.0 Å². The molecule has 4 rings (SSSR count). The van der Waals surface area contributed by atoms with E-state index in [0.717, 1.165) is 12.0 Å². The van der Waals surface area contributed by atoms with Crippen LogP contribution in [0.1, 0.15) is 44.4 Å². The Kier molecular flexibility index (Phi) is 8.26. The maximum Gasteiger partial charge on any atom is 0.238 e. The summed E-state index contributed by atoms with van der Waals surface area (Å²) in [5.41, 5.74) is -0.193. The minimum atomic E-state index is -3.92. The van der Waals surface area contributed by atoms with Gasteiger partial charge in [0.05, 0.1) is 31.7 Å². The highest BCUT2D eigenvalue weighted by atomic mass is 32.2. The molecule has 2 atom stereocenters. The van der Waals surface area contributed by atoms with Gasteiger partial charge in [-0.25, -0.2) is 8.42 Å². The van der Waals surface area contributed by atoms with Crippen molar-refractivity contribution in [2.75, 3.05) is 39.1 Å². The van der Waals surface area contributed by atoms with Gasteiger partial charge in [0, 0.05) is 32.0 Å². The Bertz CT molecular complexity index is 1180. The molecule has 2 fully saturated rings. The Morgan fingerprint density at radius 3 is 2.49 bits per heavy atom. The summed E-state index contributed by atoms with van der Waals surface area (Å²) in [7, 11) is -2.42. The molecule has 2 aliphatic carbocycles. The summed E-state index contributed by atoms with van der Waals surface area (Å²) < 4.78 is 39.4. The third kappa shape index (κ3) is 5.68. The Hall–Kier alpha value is -2.49. The SMILES string of the molecule is COCCN(CC(=O)N(CCc1ccccc1)Cc1ccco1)S(=O)(=O)CC12CCC(CC1=O)C2(C)C. The van der Waals surface area contributed by atoms with Gasteiger partial charge in [0.1, 0.15) is 11.5 Å². The summed E-state index contributed by atoms with van der Waals surface area (Å²) in [6, 6.07) is 13.4. The maximum absolute atomic E-state index is 13.8. The van der Waals surface area contributed by atoms with Crippen molar-refractivity contribution < 1.29 is 27.2 Å². The Labute approximate surface area is 220 Å². The van der Waals surface area contributed by atoms with Gasteiger partial charge in [-0.2, -0.15) is 4.31 Å². The number of ether oxygens (including phenoxy) is 1. The zero-order valence-corrected chi connectivity index (χ0v) is 22.8. The van der Waals surface area contributed by atoms with Gasteiger partial charge in [-0.3, -0.25) is 9.59 Å². The van der Waals surface area contributed by atoms with Gasteiger partial charge < -0.3 is 14.1 Å². The molecule has 1 amide bonds. The molecule has 37 heavy (non-hydrogen) atoms. The number of rotatable bonds is 13. The van der Waals surface area contributed by atoms with Crippen LogP contribution in [0.25, 0.3) is 0 Å². The fourth-order valence-corrected chi connectivity index (χ4v) is 8.21. The van der Waals surface area contributed by atoms with Crippen LogP contribution < -0.4 is 0 Å². The molecular formula is C28H38N2O6S. The summed E-state index contributed by atoms with van der Waals surface area (Å²) in [5, 5.41) is 0. The number of amides is 1. The van der Waals surface area contributed by atoms with Crippen LogP contribution in [0.2, 0.25) is 0 Å². The predicted molar refractivity (Wildman–Crippen MR) is 140 cm³/mol. The molecule has 202 valence electrons. The lowest BCUT2D eigenvalue weighted by Gasteiger charge is -2.37. The minimum Gasteiger partial charge on any atom is -0.467 e. The highest BCUT2D eigenvalue weighted by Gasteiger charge is 2.65. The van der Waals surface area contributed by atoms with E-state index in [1.165, 1.54) is 11.4 Å². The number of hydrogen-bond donors (Lipinski definition) is 0. The van der Waals surface area contributed by atoms with E-state index in [1.807, 2.05) is 44.2 Å². The van der Waals surface area contributed by atoms with Crippen LogP contribution in [0.4, 0.5) is 0 Å². The Morgan fingerprint density at radius 2 is 1.89 bits per heavy atom. The smallest absolute Gasteiger partial charge is 0.238 e. The zero-order valence-electron chi connectivity index (χ0n) is 22.0. The predicted octanol–water partition coefficient (Wildman–Crippen LogP) is 3.52. The third-order valence-electron chi connectivity index (χ3n) is 8.61. The zero-order chi connectivity index (χ0) is 26.7. The Morgan fingerprint density at radius 1 is 1.14 bits per heavy atom. The molecular weight excluding hydrogens is 492 g/mol. The number of sulfonamides is 1. The van der Waals surface area contributed by atoms with Gasteiger partial charge in [0.15, 0.2) is 0 Å². The first-order chi connectivity index (χ1) is 17.6. The summed E-state index contributed by atoms with van der Waals surface area (Å²) >= 11 is 0. The van der Waals surface area contributed by atoms with Gasteiger partial charge in [-0.05, 0) is 48.3 Å². The number of methoxy groups -OCH3 is 1. The van der Waals surface area contributed by atoms with Crippen LogP contribution in [0.5, 0.6) is 0 Å². The molecule has 2 unspecified atom stereocenters. The molecule has 8 nitrogen and oxygen atoms in total. The molecule has 0 aliphatic heterocycles. The number of ketones is 1. The van der Waals surface area contributed by atoms with Crippen molar-refractivity contribution in [2.24, 2.45) is 16.7 Å². The van der Waals surface area contributed by atoms with Crippen LogP contribution in [0.15, 0.2) is 53.1 Å². The molecule has 0 radical (unpaired) electrons. The number of Topliss-reactive ketones (excluding diaryl/α,β-unsaturated/α-hetero) is 1. The quantitative estimate of drug-likeness (QED) is 0.393. The third-order valence-corrected chi connectivity index (χ3v) is 10.6. The highest BCUT2D eigenvalue weighted by molar-refractivity contribution is 7.89. The van der Waals surface area contributed by atoms with E-state index in [1.54, 1.807) is 23.3 Å². The van der Waals surface area contributed by atoms with Gasteiger partial charge in [-0.1, -0.05) is 44.2 Å². The van der Waals surface area contributed by atoms with E-state index in [0.29, 0.717) is 31.6 Å². The van der Waals surface area contributed by atoms with Crippen molar-refractivity contribution in [1.82, 2.24) is 9.21 Å². The van der Waals surface area contributed by atoms with Crippen molar-refractivity contribution in [3.8, 4) is 0 Å². The highest BCUT2D eigenvalue weighted by Crippen LogP contribution is 2.64. The summed E-state index contributed by atoms with van der Waals surface area (Å²) in [5.74, 6) is 0.304. The van der Waals surface area contributed by atoms with Crippen LogP contribution in [-0.4, -0.2) is 68.4 Å². The second-order valence-corrected chi connectivity index (χ2v) is 12.8. The summed E-state index contributed by atoms with van der Waals surface area (Å²) in [6.07, 6.45) is 4.07. The average Bonchev–Trinajstić information content (AvgIpc) is 3.51. The number of furan rings is 1. The lowest BCUT2D eigenvalue weighted by atomic mass is 9.70. The van der Waals surface area contributed by atoms with Gasteiger partial charge in [-0.15, -0.1) is 0 Å². The van der Waals surface area contributed by atoms with Crippen LogP contribution in [0, 0.1) is 16.7 Å². The van der Waals surface area contributed by atoms with E-state index < -0.39 is 15.4 Å². The molecule has 0 N–H and O–H groups in total. The second-order valence-electron chi connectivity index (χ2n) is 10.9. The Balaban J connectivity index is 1.53. The number of carbonyl (C=O) groups excluding carboxylic acids is 2. The van der Waals surface area contributed by atoms with Crippen LogP contribution >= 0.6 is 0 Å². The second kappa shape index (κ2) is 11.1. The standard InChI is InChI=1S/C28H38N2O6S/c1-27(2)23-11-13-28(27,25(31)18-23)21-37(33,34)30(15-17-35-3)20-26(32)29(19-24-10-7-16-36-24)14-12-22-8-5-4-6-9-22/h4-10,16,23H,11-15,17-21H2,1-3H3. The first-order valence-electron chi connectivity index (χ1n) is 12.9. The molecule has 1 aromatic heterocycles. The molecule has 0 spiro atoms. The first kappa shape index (κ1) is 27.5. The van der Waals surface area contributed by atoms with Crippen LogP contribution in [-0.2, 0) is 37.3 Å². The lowest BCUT2D eigenvalue weighted by molar-refractivity contribution is -0.132. The van der Waals surface area contributed by atoms with Gasteiger partial charge >= 0.3 is 0 Å². The number of hydrogen-bond acceptors (Lipinski definition) is 6. The molecule has 0 saturated heterocycles. The molecule has 2 saturated carbocycles. The van der Waals surface area contributed by atoms with E-state index in [-0.39, 0.29) is 55.0 Å². The normalized spacial score (nSPS) is 22.6.